The molecule has 0 saturated carbocycles. The van der Waals surface area contributed by atoms with Crippen molar-refractivity contribution in [2.24, 2.45) is 13.0 Å². The number of carboxylic acid groups (broad SMARTS) is 1. The Morgan fingerprint density at radius 2 is 1.82 bits per heavy atom. The molecule has 13 heteroatoms. The number of hydrogen-bond donors (Lipinski definition) is 2. The Morgan fingerprint density at radius 3 is 2.58 bits per heavy atom. The zero-order valence-corrected chi connectivity index (χ0v) is 29.6. The number of aliphatic carboxylic acids is 1. The average molecular weight is 723 g/mol. The van der Waals surface area contributed by atoms with E-state index in [1.54, 1.807) is 6.07 Å². The molecular weight excluding hydrogens is 684 g/mol. The Kier molecular flexibility index (Phi) is 9.51. The van der Waals surface area contributed by atoms with Gasteiger partial charge in [0.2, 0.25) is 0 Å². The van der Waals surface area contributed by atoms with Crippen LogP contribution in [0.3, 0.4) is 0 Å². The van der Waals surface area contributed by atoms with Gasteiger partial charge in [-0.15, -0.1) is 0 Å². The van der Waals surface area contributed by atoms with Crippen LogP contribution in [-0.4, -0.2) is 70.1 Å². The van der Waals surface area contributed by atoms with Gasteiger partial charge in [0.25, 0.3) is 5.91 Å². The maximum absolute atomic E-state index is 15.7. The molecule has 0 radical (unpaired) electrons. The number of benzene rings is 3. The predicted octanol–water partition coefficient (Wildman–Crippen LogP) is 6.75. The first-order valence-corrected chi connectivity index (χ1v) is 17.4. The zero-order chi connectivity index (χ0) is 35.3. The Hall–Kier alpha value is -4.16. The second-order valence-electron chi connectivity index (χ2n) is 13.3. The highest BCUT2D eigenvalue weighted by molar-refractivity contribution is 6.36. The van der Waals surface area contributed by atoms with Crippen LogP contribution in [0.5, 0.6) is 11.5 Å². The number of imidazole rings is 1. The van der Waals surface area contributed by atoms with Crippen molar-refractivity contribution in [3.63, 3.8) is 0 Å². The Labute approximate surface area is 299 Å². The highest BCUT2D eigenvalue weighted by atomic mass is 35.5. The fourth-order valence-corrected chi connectivity index (χ4v) is 8.12. The lowest BCUT2D eigenvalue weighted by Crippen LogP contribution is -2.27. The molecule has 7 rings (SSSR count). The third kappa shape index (κ3) is 6.32. The van der Waals surface area contributed by atoms with E-state index in [1.165, 1.54) is 13.2 Å². The van der Waals surface area contributed by atoms with Gasteiger partial charge in [-0.25, -0.2) is 9.37 Å². The van der Waals surface area contributed by atoms with Gasteiger partial charge in [-0.05, 0) is 61.7 Å². The summed E-state index contributed by atoms with van der Waals surface area (Å²) in [5.74, 6) is -1.68. The summed E-state index contributed by atoms with van der Waals surface area (Å²) >= 11 is 13.7. The minimum absolute atomic E-state index is 0.0353. The molecule has 2 N–H and O–H groups in total. The van der Waals surface area contributed by atoms with Gasteiger partial charge in [0.1, 0.15) is 16.9 Å². The van der Waals surface area contributed by atoms with Gasteiger partial charge < -0.3 is 29.4 Å². The number of likely N-dealkylation sites (N-methyl/N-ethyl adjacent to an activating group) is 1. The first-order chi connectivity index (χ1) is 24.0. The van der Waals surface area contributed by atoms with Gasteiger partial charge in [-0.2, -0.15) is 0 Å². The van der Waals surface area contributed by atoms with Gasteiger partial charge in [0.05, 0.1) is 29.4 Å². The molecule has 1 saturated heterocycles. The summed E-state index contributed by atoms with van der Waals surface area (Å²) in [4.78, 5) is 33.6. The Balaban J connectivity index is 1.12. The number of methoxy groups -OCH3 is 1. The van der Waals surface area contributed by atoms with Crippen molar-refractivity contribution in [1.29, 1.82) is 0 Å². The van der Waals surface area contributed by atoms with Gasteiger partial charge >= 0.3 is 5.97 Å². The molecule has 10 nitrogen and oxygen atoms in total. The smallest absolute Gasteiger partial charge is 0.307 e. The number of amides is 1. The van der Waals surface area contributed by atoms with Crippen molar-refractivity contribution in [2.45, 2.75) is 44.9 Å². The fourth-order valence-electron chi connectivity index (χ4n) is 7.51. The van der Waals surface area contributed by atoms with Crippen LogP contribution >= 0.6 is 23.2 Å². The van der Waals surface area contributed by atoms with Gasteiger partial charge in [-0.1, -0.05) is 53.5 Å². The van der Waals surface area contributed by atoms with E-state index in [-0.39, 0.29) is 16.7 Å². The maximum atomic E-state index is 15.7. The molecule has 1 aromatic heterocycles. The monoisotopic (exact) mass is 721 g/mol. The van der Waals surface area contributed by atoms with Gasteiger partial charge in [0, 0.05) is 56.5 Å². The van der Waals surface area contributed by atoms with Crippen molar-refractivity contribution in [1.82, 2.24) is 19.4 Å². The topological polar surface area (TPSA) is 109 Å². The van der Waals surface area contributed by atoms with E-state index in [0.29, 0.717) is 73.3 Å². The predicted molar refractivity (Wildman–Crippen MR) is 189 cm³/mol. The molecule has 2 unspecified atom stereocenters. The van der Waals surface area contributed by atoms with Crippen LogP contribution in [0.2, 0.25) is 10.0 Å². The van der Waals surface area contributed by atoms with Crippen molar-refractivity contribution < 1.29 is 28.6 Å². The number of likely N-dealkylation sites (tertiary alicyclic amines) is 1. The minimum Gasteiger partial charge on any atom is -0.495 e. The molecule has 0 spiro atoms. The summed E-state index contributed by atoms with van der Waals surface area (Å²) in [6.07, 6.45) is 2.13. The quantitative estimate of drug-likeness (QED) is 0.195. The molecule has 1 amide bonds. The molecule has 3 aromatic carbocycles. The normalized spacial score (nSPS) is 18.9. The van der Waals surface area contributed by atoms with Crippen LogP contribution in [0, 0.1) is 11.7 Å². The van der Waals surface area contributed by atoms with Gasteiger partial charge in [0.15, 0.2) is 17.4 Å². The number of rotatable bonds is 9. The Morgan fingerprint density at radius 1 is 1.04 bits per heavy atom. The van der Waals surface area contributed by atoms with E-state index in [2.05, 4.69) is 15.2 Å². The molecule has 0 bridgehead atoms. The number of anilines is 1. The summed E-state index contributed by atoms with van der Waals surface area (Å²) in [6, 6.07) is 12.7. The standard InChI is InChI=1S/C37H38Cl2FN5O5/c1-43-14-13-29-28(19-43)41-35(44(29)2)36(46)42-27-9-5-8-25(31(27)38)22-6-4-7-24-23(22)10-11-30(24)50-34-26(40)16-21(33(49-3)32(34)39)18-45-15-12-20(17-45)37(47)48/h4-9,16,20,30H,10-15,17-19H2,1-3H3,(H,42,46)(H,47,48). The number of carboxylic acids is 1. The third-order valence-corrected chi connectivity index (χ3v) is 10.8. The number of fused-ring (bicyclic) bond motifs is 2. The summed E-state index contributed by atoms with van der Waals surface area (Å²) in [5.41, 5.74) is 6.55. The summed E-state index contributed by atoms with van der Waals surface area (Å²) in [5, 5.41) is 12.8. The number of nitrogens with one attached hydrogen (secondary N) is 1. The summed E-state index contributed by atoms with van der Waals surface area (Å²) in [7, 11) is 5.37. The molecule has 3 heterocycles. The van der Waals surface area contributed by atoms with Crippen LogP contribution in [-0.2, 0) is 37.8 Å². The fraction of sp³-hybridized carbons (Fsp3) is 0.378. The van der Waals surface area contributed by atoms with Crippen molar-refractivity contribution in [2.75, 3.05) is 39.1 Å². The third-order valence-electron chi connectivity index (χ3n) is 10.1. The van der Waals surface area contributed by atoms with E-state index in [9.17, 15) is 14.7 Å². The van der Waals surface area contributed by atoms with Crippen LogP contribution in [0.1, 0.15) is 57.6 Å². The molecule has 4 aromatic rings. The second kappa shape index (κ2) is 13.9. The zero-order valence-electron chi connectivity index (χ0n) is 28.1. The second-order valence-corrected chi connectivity index (χ2v) is 14.0. The number of ether oxygens (including phenoxy) is 2. The lowest BCUT2D eigenvalue weighted by molar-refractivity contribution is -0.141. The Bertz CT molecular complexity index is 2000. The van der Waals surface area contributed by atoms with Crippen LogP contribution in [0.25, 0.3) is 11.1 Å². The number of hydrogen-bond acceptors (Lipinski definition) is 7. The molecule has 50 heavy (non-hydrogen) atoms. The molecule has 262 valence electrons. The van der Waals surface area contributed by atoms with E-state index in [1.807, 2.05) is 53.9 Å². The molecule has 2 atom stereocenters. The highest BCUT2D eigenvalue weighted by Crippen LogP contribution is 2.47. The number of carbonyl (C=O) groups excluding carboxylic acids is 1. The first kappa shape index (κ1) is 34.3. The molecule has 2 aliphatic heterocycles. The maximum Gasteiger partial charge on any atom is 0.307 e. The molecule has 1 fully saturated rings. The lowest BCUT2D eigenvalue weighted by atomic mass is 9.96. The summed E-state index contributed by atoms with van der Waals surface area (Å²) in [6.45, 7) is 2.88. The van der Waals surface area contributed by atoms with E-state index >= 15 is 4.39 Å². The van der Waals surface area contributed by atoms with E-state index < -0.39 is 23.8 Å². The molecular formula is C37H38Cl2FN5O5. The SMILES string of the molecule is COc1c(CN2CCC(C(=O)O)C2)cc(F)c(OC2CCc3c(-c4cccc(NC(=O)c5nc6c(n5C)CCN(C)C6)c4Cl)cccc32)c1Cl. The van der Waals surface area contributed by atoms with Crippen molar-refractivity contribution >= 4 is 40.8 Å². The van der Waals surface area contributed by atoms with Crippen LogP contribution < -0.4 is 14.8 Å². The number of aromatic nitrogens is 2. The summed E-state index contributed by atoms with van der Waals surface area (Å²) < 4.78 is 29.4. The molecule has 3 aliphatic rings. The number of carbonyl (C=O) groups is 2. The average Bonchev–Trinajstić information content (AvgIpc) is 3.81. The largest absolute Gasteiger partial charge is 0.495 e. The van der Waals surface area contributed by atoms with Gasteiger partial charge in [-0.3, -0.25) is 14.5 Å². The van der Waals surface area contributed by atoms with Crippen molar-refractivity contribution in [3.05, 3.63) is 92.2 Å². The first-order valence-electron chi connectivity index (χ1n) is 16.7. The lowest BCUT2D eigenvalue weighted by Gasteiger charge is -2.22. The number of halogens is 3. The van der Waals surface area contributed by atoms with E-state index in [0.717, 1.165) is 46.6 Å². The number of nitrogens with zero attached hydrogens (tertiary/aromatic N) is 4. The van der Waals surface area contributed by atoms with E-state index in [4.69, 9.17) is 32.7 Å². The van der Waals surface area contributed by atoms with Crippen LogP contribution in [0.15, 0.2) is 42.5 Å². The molecule has 1 aliphatic carbocycles. The van der Waals surface area contributed by atoms with Crippen LogP contribution in [0.4, 0.5) is 10.1 Å². The minimum atomic E-state index is -0.832. The van der Waals surface area contributed by atoms with Crippen molar-refractivity contribution in [3.8, 4) is 22.6 Å². The highest BCUT2D eigenvalue weighted by Gasteiger charge is 2.32.